The number of carbonyl (C=O) groups excluding carboxylic acids is 1. The summed E-state index contributed by atoms with van der Waals surface area (Å²) in [4.78, 5) is 20.9. The summed E-state index contributed by atoms with van der Waals surface area (Å²) in [5.41, 5.74) is 2.81. The lowest BCUT2D eigenvalue weighted by Crippen LogP contribution is -2.25. The minimum absolute atomic E-state index is 0.0923. The largest absolute Gasteiger partial charge is 0.369 e. The number of amides is 1. The number of aromatic nitrogens is 3. The van der Waals surface area contributed by atoms with Gasteiger partial charge in [0.05, 0.1) is 6.20 Å². The van der Waals surface area contributed by atoms with Gasteiger partial charge in [-0.15, -0.1) is 0 Å². The Morgan fingerprint density at radius 1 is 1.17 bits per heavy atom. The fourth-order valence-corrected chi connectivity index (χ4v) is 3.36. The average Bonchev–Trinajstić information content (AvgIpc) is 3.11. The van der Waals surface area contributed by atoms with Crippen molar-refractivity contribution in [3.05, 3.63) is 83.5 Å². The van der Waals surface area contributed by atoms with E-state index in [1.165, 1.54) is 12.1 Å². The van der Waals surface area contributed by atoms with Gasteiger partial charge in [-0.1, -0.05) is 35.9 Å². The maximum absolute atomic E-state index is 13.7. The van der Waals surface area contributed by atoms with Crippen LogP contribution in [0.3, 0.4) is 0 Å². The zero-order chi connectivity index (χ0) is 20.9. The first kappa shape index (κ1) is 19.8. The number of nitrogens with zero attached hydrogens (tertiary/aromatic N) is 3. The topological polar surface area (TPSA) is 71.3 Å². The molecular formula is C22H19ClFN5O. The highest BCUT2D eigenvalue weighted by atomic mass is 35.5. The number of halogens is 2. The number of benzene rings is 2. The number of carbonyl (C=O) groups is 1. The third kappa shape index (κ3) is 4.58. The van der Waals surface area contributed by atoms with Crippen molar-refractivity contribution in [1.82, 2.24) is 19.7 Å². The van der Waals surface area contributed by atoms with Crippen molar-refractivity contribution in [2.45, 2.75) is 13.0 Å². The van der Waals surface area contributed by atoms with Crippen molar-refractivity contribution < 1.29 is 9.18 Å². The number of hydrogen-bond acceptors (Lipinski definition) is 4. The predicted octanol–water partition coefficient (Wildman–Crippen LogP) is 4.31. The monoisotopic (exact) mass is 423 g/mol. The fourth-order valence-electron chi connectivity index (χ4n) is 3.14. The van der Waals surface area contributed by atoms with Crippen LogP contribution in [0.4, 0.5) is 10.2 Å². The van der Waals surface area contributed by atoms with Crippen LogP contribution in [0.2, 0.25) is 5.02 Å². The molecule has 2 aromatic heterocycles. The molecule has 4 rings (SSSR count). The van der Waals surface area contributed by atoms with Crippen LogP contribution in [0, 0.1) is 5.82 Å². The van der Waals surface area contributed by atoms with Crippen LogP contribution in [0.15, 0.2) is 67.1 Å². The third-order valence-corrected chi connectivity index (χ3v) is 4.79. The summed E-state index contributed by atoms with van der Waals surface area (Å²) in [7, 11) is 0. The second kappa shape index (κ2) is 8.92. The molecule has 0 radical (unpaired) electrons. The van der Waals surface area contributed by atoms with Crippen LogP contribution in [0.5, 0.6) is 0 Å². The van der Waals surface area contributed by atoms with Gasteiger partial charge in [-0.3, -0.25) is 14.2 Å². The van der Waals surface area contributed by atoms with E-state index in [4.69, 9.17) is 11.6 Å². The second-order valence-electron chi connectivity index (χ2n) is 6.71. The molecule has 8 heteroatoms. The molecule has 2 N–H and O–H groups in total. The molecule has 30 heavy (non-hydrogen) atoms. The molecule has 2 heterocycles. The Morgan fingerprint density at radius 3 is 2.87 bits per heavy atom. The Labute approximate surface area is 177 Å². The molecule has 2 aromatic carbocycles. The van der Waals surface area contributed by atoms with Crippen LogP contribution >= 0.6 is 11.6 Å². The maximum Gasteiger partial charge on any atom is 0.222 e. The van der Waals surface area contributed by atoms with Gasteiger partial charge in [-0.25, -0.2) is 9.37 Å². The first-order chi connectivity index (χ1) is 14.6. The number of fused-ring (bicyclic) bond motifs is 1. The van der Waals surface area contributed by atoms with Gasteiger partial charge in [0.25, 0.3) is 0 Å². The molecule has 0 saturated heterocycles. The lowest BCUT2D eigenvalue weighted by atomic mass is 10.1. The summed E-state index contributed by atoms with van der Waals surface area (Å²) < 4.78 is 15.5. The van der Waals surface area contributed by atoms with Crippen molar-refractivity contribution in [1.29, 1.82) is 0 Å². The lowest BCUT2D eigenvalue weighted by Gasteiger charge is -2.10. The van der Waals surface area contributed by atoms with E-state index in [-0.39, 0.29) is 18.1 Å². The van der Waals surface area contributed by atoms with Crippen LogP contribution in [-0.4, -0.2) is 26.8 Å². The van der Waals surface area contributed by atoms with Crippen molar-refractivity contribution in [2.75, 3.05) is 11.9 Å². The molecule has 0 aliphatic rings. The smallest absolute Gasteiger partial charge is 0.222 e. The average molecular weight is 424 g/mol. The SMILES string of the molecule is O=C(CCNc1c(-c2cccc(F)c2)nc2cnccn12)NCc1cccc(Cl)c1. The van der Waals surface area contributed by atoms with E-state index in [9.17, 15) is 9.18 Å². The molecule has 1 amide bonds. The summed E-state index contributed by atoms with van der Waals surface area (Å²) in [6, 6.07) is 13.6. The van der Waals surface area contributed by atoms with Crippen molar-refractivity contribution in [3.8, 4) is 11.3 Å². The van der Waals surface area contributed by atoms with Crippen LogP contribution < -0.4 is 10.6 Å². The van der Waals surface area contributed by atoms with Gasteiger partial charge in [0.1, 0.15) is 17.3 Å². The standard InChI is InChI=1S/C22H19ClFN5O/c23-17-5-1-3-15(11-17)13-27-20(30)7-8-26-22-21(16-4-2-6-18(24)12-16)28-19-14-25-9-10-29(19)22/h1-6,9-12,14,26H,7-8,13H2,(H,27,30). The van der Waals surface area contributed by atoms with Crippen molar-refractivity contribution in [3.63, 3.8) is 0 Å². The predicted molar refractivity (Wildman–Crippen MR) is 115 cm³/mol. The normalized spacial score (nSPS) is 10.9. The second-order valence-corrected chi connectivity index (χ2v) is 7.14. The lowest BCUT2D eigenvalue weighted by molar-refractivity contribution is -0.121. The summed E-state index contributed by atoms with van der Waals surface area (Å²) in [5, 5.41) is 6.77. The van der Waals surface area contributed by atoms with Crippen molar-refractivity contribution in [2.24, 2.45) is 0 Å². The highest BCUT2D eigenvalue weighted by Crippen LogP contribution is 2.28. The summed E-state index contributed by atoms with van der Waals surface area (Å²) >= 11 is 5.96. The molecule has 152 valence electrons. The molecule has 0 atom stereocenters. The number of nitrogens with one attached hydrogen (secondary N) is 2. The molecule has 6 nitrogen and oxygen atoms in total. The van der Waals surface area contributed by atoms with Gasteiger partial charge in [0.2, 0.25) is 5.91 Å². The Balaban J connectivity index is 1.44. The number of anilines is 1. The van der Waals surface area contributed by atoms with E-state index in [0.717, 1.165) is 5.56 Å². The van der Waals surface area contributed by atoms with E-state index in [1.807, 2.05) is 22.6 Å². The van der Waals surface area contributed by atoms with E-state index >= 15 is 0 Å². The van der Waals surface area contributed by atoms with E-state index in [1.54, 1.807) is 36.8 Å². The first-order valence-corrected chi connectivity index (χ1v) is 9.81. The Bertz CT molecular complexity index is 1190. The van der Waals surface area contributed by atoms with Gasteiger partial charge < -0.3 is 10.6 Å². The Kier molecular flexibility index (Phi) is 5.90. The molecule has 0 spiro atoms. The van der Waals surface area contributed by atoms with Crippen LogP contribution in [0.25, 0.3) is 16.9 Å². The number of imidazole rings is 1. The van der Waals surface area contributed by atoms with Crippen molar-refractivity contribution >= 4 is 29.0 Å². The zero-order valence-corrected chi connectivity index (χ0v) is 16.7. The van der Waals surface area contributed by atoms with Gasteiger partial charge in [-0.2, -0.15) is 0 Å². The first-order valence-electron chi connectivity index (χ1n) is 9.43. The number of rotatable bonds is 7. The fraction of sp³-hybridized carbons (Fsp3) is 0.136. The summed E-state index contributed by atoms with van der Waals surface area (Å²) in [5.74, 6) is 0.250. The van der Waals surface area contributed by atoms with Gasteiger partial charge in [0.15, 0.2) is 5.65 Å². The Morgan fingerprint density at radius 2 is 2.03 bits per heavy atom. The van der Waals surface area contributed by atoms with Gasteiger partial charge in [-0.05, 0) is 29.8 Å². The molecule has 0 aliphatic heterocycles. The van der Waals surface area contributed by atoms with E-state index in [0.29, 0.717) is 40.8 Å². The van der Waals surface area contributed by atoms with Gasteiger partial charge in [0, 0.05) is 42.5 Å². The molecule has 0 saturated carbocycles. The third-order valence-electron chi connectivity index (χ3n) is 4.55. The van der Waals surface area contributed by atoms with E-state index in [2.05, 4.69) is 20.6 Å². The zero-order valence-electron chi connectivity index (χ0n) is 16.0. The van der Waals surface area contributed by atoms with Crippen LogP contribution in [-0.2, 0) is 11.3 Å². The maximum atomic E-state index is 13.7. The molecule has 0 bridgehead atoms. The minimum atomic E-state index is -0.339. The highest BCUT2D eigenvalue weighted by Gasteiger charge is 2.15. The summed E-state index contributed by atoms with van der Waals surface area (Å²) in [6.07, 6.45) is 5.31. The number of hydrogen-bond donors (Lipinski definition) is 2. The van der Waals surface area contributed by atoms with Gasteiger partial charge >= 0.3 is 0 Å². The minimum Gasteiger partial charge on any atom is -0.369 e. The molecule has 0 fully saturated rings. The van der Waals surface area contributed by atoms with Crippen LogP contribution in [0.1, 0.15) is 12.0 Å². The Hall–Kier alpha value is -3.45. The molecule has 0 aliphatic carbocycles. The quantitative estimate of drug-likeness (QED) is 0.464. The van der Waals surface area contributed by atoms with E-state index < -0.39 is 0 Å². The molecule has 4 aromatic rings. The molecule has 0 unspecified atom stereocenters. The summed E-state index contributed by atoms with van der Waals surface area (Å²) in [6.45, 7) is 0.801. The molecular weight excluding hydrogens is 405 g/mol. The highest BCUT2D eigenvalue weighted by molar-refractivity contribution is 6.30.